The molecule has 4 nitrogen and oxygen atoms in total. The number of halogens is 1. The first-order valence-electron chi connectivity index (χ1n) is 6.64. The highest BCUT2D eigenvalue weighted by Crippen LogP contribution is 2.22. The average Bonchev–Trinajstić information content (AvgIpc) is 2.97. The number of para-hydroxylation sites is 1. The van der Waals surface area contributed by atoms with E-state index in [1.165, 1.54) is 18.2 Å². The van der Waals surface area contributed by atoms with Crippen molar-refractivity contribution in [2.45, 2.75) is 0 Å². The lowest BCUT2D eigenvalue weighted by Crippen LogP contribution is -2.36. The van der Waals surface area contributed by atoms with Crippen LogP contribution in [-0.2, 0) is 0 Å². The fourth-order valence-corrected chi connectivity index (χ4v) is 2.04. The maximum absolute atomic E-state index is 13.5. The maximum atomic E-state index is 13.5. The van der Waals surface area contributed by atoms with Crippen molar-refractivity contribution >= 4 is 22.6 Å². The molecule has 1 aromatic heterocycles. The Kier molecular flexibility index (Phi) is 3.62. The lowest BCUT2D eigenvalue weighted by Gasteiger charge is -2.09. The molecule has 0 fully saturated rings. The molecule has 2 aromatic carbocycles. The summed E-state index contributed by atoms with van der Waals surface area (Å²) in [5.41, 5.74) is 6.08. The van der Waals surface area contributed by atoms with Gasteiger partial charge >= 0.3 is 0 Å². The van der Waals surface area contributed by atoms with Crippen molar-refractivity contribution < 1.29 is 13.6 Å². The molecule has 0 unspecified atom stereocenters. The van der Waals surface area contributed by atoms with Crippen molar-refractivity contribution in [1.82, 2.24) is 10.9 Å². The Hall–Kier alpha value is -3.08. The van der Waals surface area contributed by atoms with Gasteiger partial charge in [0.1, 0.15) is 11.4 Å². The van der Waals surface area contributed by atoms with E-state index < -0.39 is 11.7 Å². The van der Waals surface area contributed by atoms with Gasteiger partial charge in [-0.3, -0.25) is 15.6 Å². The molecular formula is C17H13FN2O2. The van der Waals surface area contributed by atoms with Crippen LogP contribution in [0.3, 0.4) is 0 Å². The van der Waals surface area contributed by atoms with E-state index in [0.29, 0.717) is 11.5 Å². The predicted octanol–water partition coefficient (Wildman–Crippen LogP) is 3.48. The summed E-state index contributed by atoms with van der Waals surface area (Å²) in [6.07, 6.45) is 0. The van der Waals surface area contributed by atoms with E-state index in [1.807, 2.05) is 24.3 Å². The molecule has 5 heteroatoms. The van der Waals surface area contributed by atoms with E-state index in [1.54, 1.807) is 12.1 Å². The number of carbonyl (C=O) groups is 1. The van der Waals surface area contributed by atoms with Crippen LogP contribution in [0.2, 0.25) is 0 Å². The van der Waals surface area contributed by atoms with Crippen LogP contribution >= 0.6 is 0 Å². The van der Waals surface area contributed by atoms with Crippen LogP contribution in [0, 0.1) is 5.82 Å². The molecule has 0 bridgehead atoms. The van der Waals surface area contributed by atoms with Crippen molar-refractivity contribution in [1.29, 1.82) is 0 Å². The van der Waals surface area contributed by atoms with Gasteiger partial charge in [-0.15, -0.1) is 0 Å². The SMILES string of the molecule is C=C(NNC(=O)c1ccccc1F)c1cc2ccccc2o1. The van der Waals surface area contributed by atoms with Crippen molar-refractivity contribution in [2.24, 2.45) is 0 Å². The molecule has 2 N–H and O–H groups in total. The molecule has 3 rings (SSSR count). The molecule has 0 radical (unpaired) electrons. The minimum Gasteiger partial charge on any atom is -0.454 e. The van der Waals surface area contributed by atoms with Gasteiger partial charge in [0.2, 0.25) is 0 Å². The first-order valence-corrected chi connectivity index (χ1v) is 6.64. The van der Waals surface area contributed by atoms with E-state index in [-0.39, 0.29) is 5.56 Å². The highest BCUT2D eigenvalue weighted by atomic mass is 19.1. The largest absolute Gasteiger partial charge is 0.454 e. The quantitative estimate of drug-likeness (QED) is 0.725. The van der Waals surface area contributed by atoms with Crippen LogP contribution in [0.25, 0.3) is 16.7 Å². The molecule has 0 saturated carbocycles. The third kappa shape index (κ3) is 2.69. The van der Waals surface area contributed by atoms with Crippen molar-refractivity contribution in [3.05, 3.63) is 78.3 Å². The van der Waals surface area contributed by atoms with Gasteiger partial charge in [-0.1, -0.05) is 36.9 Å². The molecule has 0 spiro atoms. The number of rotatable bonds is 4. The summed E-state index contributed by atoms with van der Waals surface area (Å²) in [5, 5.41) is 0.931. The number of hydrazine groups is 1. The third-order valence-corrected chi connectivity index (χ3v) is 3.17. The molecule has 0 atom stereocenters. The molecule has 22 heavy (non-hydrogen) atoms. The van der Waals surface area contributed by atoms with E-state index in [4.69, 9.17) is 4.42 Å². The summed E-state index contributed by atoms with van der Waals surface area (Å²) in [4.78, 5) is 11.9. The van der Waals surface area contributed by atoms with Crippen LogP contribution in [0.5, 0.6) is 0 Å². The van der Waals surface area contributed by atoms with Crippen LogP contribution in [-0.4, -0.2) is 5.91 Å². The number of carbonyl (C=O) groups excluding carboxylic acids is 1. The molecule has 3 aromatic rings. The van der Waals surface area contributed by atoms with Crippen LogP contribution in [0.15, 0.2) is 65.6 Å². The molecule has 0 aliphatic carbocycles. The Morgan fingerprint density at radius 1 is 1.05 bits per heavy atom. The summed E-state index contributed by atoms with van der Waals surface area (Å²) in [6.45, 7) is 3.79. The zero-order chi connectivity index (χ0) is 15.5. The molecule has 0 aliphatic rings. The second kappa shape index (κ2) is 5.73. The van der Waals surface area contributed by atoms with Crippen molar-refractivity contribution in [3.8, 4) is 0 Å². The standard InChI is InChI=1S/C17H13FN2O2/c1-11(16-10-12-6-2-5-9-15(12)22-16)19-20-17(21)13-7-3-4-8-14(13)18/h2-10,19H,1H2,(H,20,21). The molecule has 1 amide bonds. The zero-order valence-corrected chi connectivity index (χ0v) is 11.6. The van der Waals surface area contributed by atoms with Crippen molar-refractivity contribution in [3.63, 3.8) is 0 Å². The third-order valence-electron chi connectivity index (χ3n) is 3.17. The number of benzene rings is 2. The van der Waals surface area contributed by atoms with Crippen LogP contribution in [0.4, 0.5) is 4.39 Å². The Labute approximate surface area is 126 Å². The van der Waals surface area contributed by atoms with Gasteiger partial charge in [-0.2, -0.15) is 0 Å². The molecular weight excluding hydrogens is 283 g/mol. The fraction of sp³-hybridized carbons (Fsp3) is 0. The van der Waals surface area contributed by atoms with E-state index in [9.17, 15) is 9.18 Å². The van der Waals surface area contributed by atoms with E-state index in [0.717, 1.165) is 11.0 Å². The lowest BCUT2D eigenvalue weighted by atomic mass is 10.2. The summed E-state index contributed by atoms with van der Waals surface area (Å²) in [5.74, 6) is -0.679. The fourth-order valence-electron chi connectivity index (χ4n) is 2.04. The maximum Gasteiger partial charge on any atom is 0.272 e. The van der Waals surface area contributed by atoms with Crippen LogP contribution in [0.1, 0.15) is 16.1 Å². The summed E-state index contributed by atoms with van der Waals surface area (Å²) in [7, 11) is 0. The van der Waals surface area contributed by atoms with Crippen molar-refractivity contribution in [2.75, 3.05) is 0 Å². The van der Waals surface area contributed by atoms with Gasteiger partial charge in [0.15, 0.2) is 5.76 Å². The van der Waals surface area contributed by atoms with E-state index in [2.05, 4.69) is 17.4 Å². The molecule has 0 saturated heterocycles. The smallest absolute Gasteiger partial charge is 0.272 e. The Balaban J connectivity index is 1.69. The topological polar surface area (TPSA) is 54.3 Å². The second-order valence-electron chi connectivity index (χ2n) is 4.69. The number of amides is 1. The number of hydrogen-bond acceptors (Lipinski definition) is 3. The second-order valence-corrected chi connectivity index (χ2v) is 4.69. The number of fused-ring (bicyclic) bond motifs is 1. The van der Waals surface area contributed by atoms with Gasteiger partial charge in [0.05, 0.1) is 11.3 Å². The molecule has 110 valence electrons. The minimum absolute atomic E-state index is 0.0487. The molecule has 0 aliphatic heterocycles. The Morgan fingerprint density at radius 2 is 1.77 bits per heavy atom. The Morgan fingerprint density at radius 3 is 2.55 bits per heavy atom. The number of nitrogens with one attached hydrogen (secondary N) is 2. The first-order chi connectivity index (χ1) is 10.6. The van der Waals surface area contributed by atoms with E-state index >= 15 is 0 Å². The van der Waals surface area contributed by atoms with Gasteiger partial charge in [0.25, 0.3) is 5.91 Å². The Bertz CT molecular complexity index is 821. The monoisotopic (exact) mass is 296 g/mol. The summed E-state index contributed by atoms with van der Waals surface area (Å²) >= 11 is 0. The first kappa shape index (κ1) is 13.9. The van der Waals surface area contributed by atoms with Gasteiger partial charge < -0.3 is 4.42 Å². The minimum atomic E-state index is -0.588. The van der Waals surface area contributed by atoms with Gasteiger partial charge in [-0.05, 0) is 24.3 Å². The lowest BCUT2D eigenvalue weighted by molar-refractivity contribution is 0.0938. The molecule has 1 heterocycles. The number of furan rings is 1. The summed E-state index contributed by atoms with van der Waals surface area (Å²) < 4.78 is 19.1. The number of hydrogen-bond donors (Lipinski definition) is 2. The average molecular weight is 296 g/mol. The normalized spacial score (nSPS) is 10.4. The highest BCUT2D eigenvalue weighted by Gasteiger charge is 2.12. The van der Waals surface area contributed by atoms with Gasteiger partial charge in [-0.25, -0.2) is 4.39 Å². The summed E-state index contributed by atoms with van der Waals surface area (Å²) in [6, 6.07) is 15.1. The van der Waals surface area contributed by atoms with Crippen LogP contribution < -0.4 is 10.9 Å². The van der Waals surface area contributed by atoms with Gasteiger partial charge in [0, 0.05) is 5.39 Å². The zero-order valence-electron chi connectivity index (χ0n) is 11.6. The highest BCUT2D eigenvalue weighted by molar-refractivity contribution is 5.94. The predicted molar refractivity (Wildman–Crippen MR) is 82.2 cm³/mol.